The normalized spacial score (nSPS) is 15.6. The number of aryl methyl sites for hydroxylation is 1. The molecule has 15 heavy (non-hydrogen) atoms. The van der Waals surface area contributed by atoms with E-state index in [1.807, 2.05) is 13.0 Å². The van der Waals surface area contributed by atoms with Crippen molar-refractivity contribution in [1.29, 1.82) is 0 Å². The molecule has 0 aliphatic carbocycles. The molecule has 1 aromatic heterocycles. The number of hydrogen-bond acceptors (Lipinski definition) is 3. The largest absolute Gasteiger partial charge is 0.385 e. The van der Waals surface area contributed by atoms with Crippen molar-refractivity contribution in [2.24, 2.45) is 11.7 Å². The van der Waals surface area contributed by atoms with E-state index in [4.69, 9.17) is 5.73 Å². The average molecular weight is 211 g/mol. The SMILES string of the molecule is Cc1cc(C(O)C(N)CCC(C)C)n[nH]1. The molecule has 0 saturated carbocycles. The molecule has 1 rings (SSSR count). The Balaban J connectivity index is 2.49. The molecule has 2 atom stereocenters. The third-order valence-corrected chi connectivity index (χ3v) is 2.51. The van der Waals surface area contributed by atoms with Gasteiger partial charge in [0.25, 0.3) is 0 Å². The van der Waals surface area contributed by atoms with Crippen LogP contribution in [0.15, 0.2) is 6.07 Å². The lowest BCUT2D eigenvalue weighted by atomic mass is 9.99. The van der Waals surface area contributed by atoms with Crippen LogP contribution in [0.5, 0.6) is 0 Å². The summed E-state index contributed by atoms with van der Waals surface area (Å²) in [7, 11) is 0. The molecule has 0 spiro atoms. The lowest BCUT2D eigenvalue weighted by Crippen LogP contribution is -2.29. The maximum absolute atomic E-state index is 9.91. The van der Waals surface area contributed by atoms with Gasteiger partial charge in [-0.3, -0.25) is 5.10 Å². The predicted molar refractivity (Wildman–Crippen MR) is 60.3 cm³/mol. The Hall–Kier alpha value is -0.870. The maximum Gasteiger partial charge on any atom is 0.113 e. The monoisotopic (exact) mass is 211 g/mol. The highest BCUT2D eigenvalue weighted by Crippen LogP contribution is 2.18. The van der Waals surface area contributed by atoms with Gasteiger partial charge >= 0.3 is 0 Å². The summed E-state index contributed by atoms with van der Waals surface area (Å²) < 4.78 is 0. The van der Waals surface area contributed by atoms with Gasteiger partial charge in [-0.2, -0.15) is 5.10 Å². The lowest BCUT2D eigenvalue weighted by Gasteiger charge is -2.17. The summed E-state index contributed by atoms with van der Waals surface area (Å²) in [5.41, 5.74) is 7.49. The first-order valence-corrected chi connectivity index (χ1v) is 5.46. The molecular formula is C11H21N3O. The van der Waals surface area contributed by atoms with Gasteiger partial charge in [0.1, 0.15) is 6.10 Å². The third kappa shape index (κ3) is 3.64. The van der Waals surface area contributed by atoms with Gasteiger partial charge in [0.05, 0.1) is 5.69 Å². The first-order chi connectivity index (χ1) is 7.00. The molecule has 2 unspecified atom stereocenters. The fraction of sp³-hybridized carbons (Fsp3) is 0.727. The Bertz CT molecular complexity index is 296. The van der Waals surface area contributed by atoms with Crippen LogP contribution in [0.1, 0.15) is 44.2 Å². The minimum Gasteiger partial charge on any atom is -0.385 e. The van der Waals surface area contributed by atoms with Gasteiger partial charge in [0.2, 0.25) is 0 Å². The molecule has 4 nitrogen and oxygen atoms in total. The highest BCUT2D eigenvalue weighted by molar-refractivity contribution is 5.11. The zero-order valence-corrected chi connectivity index (χ0v) is 9.70. The second-order valence-corrected chi connectivity index (χ2v) is 4.56. The Morgan fingerprint density at radius 2 is 2.13 bits per heavy atom. The number of H-pyrrole nitrogens is 1. The molecule has 86 valence electrons. The van der Waals surface area contributed by atoms with Gasteiger partial charge < -0.3 is 10.8 Å². The summed E-state index contributed by atoms with van der Waals surface area (Å²) in [6, 6.07) is 1.61. The van der Waals surface area contributed by atoms with Crippen LogP contribution < -0.4 is 5.73 Å². The number of aliphatic hydroxyl groups is 1. The van der Waals surface area contributed by atoms with Crippen LogP contribution in [0.2, 0.25) is 0 Å². The van der Waals surface area contributed by atoms with Crippen molar-refractivity contribution in [3.8, 4) is 0 Å². The summed E-state index contributed by atoms with van der Waals surface area (Å²) in [4.78, 5) is 0. The molecule has 4 N–H and O–H groups in total. The van der Waals surface area contributed by atoms with Crippen LogP contribution in [0.3, 0.4) is 0 Å². The van der Waals surface area contributed by atoms with Gasteiger partial charge in [-0.25, -0.2) is 0 Å². The number of nitrogens with zero attached hydrogens (tertiary/aromatic N) is 1. The second-order valence-electron chi connectivity index (χ2n) is 4.56. The Morgan fingerprint density at radius 3 is 2.60 bits per heavy atom. The van der Waals surface area contributed by atoms with Crippen molar-refractivity contribution in [2.75, 3.05) is 0 Å². The molecule has 0 saturated heterocycles. The van der Waals surface area contributed by atoms with E-state index in [1.165, 1.54) is 0 Å². The fourth-order valence-corrected chi connectivity index (χ4v) is 1.49. The summed E-state index contributed by atoms with van der Waals surface area (Å²) in [5, 5.41) is 16.7. The molecule has 0 radical (unpaired) electrons. The number of hydrogen-bond donors (Lipinski definition) is 3. The summed E-state index contributed by atoms with van der Waals surface area (Å²) in [6.07, 6.45) is 1.19. The van der Waals surface area contributed by atoms with E-state index in [-0.39, 0.29) is 6.04 Å². The van der Waals surface area contributed by atoms with Gasteiger partial charge in [-0.05, 0) is 31.7 Å². The lowest BCUT2D eigenvalue weighted by molar-refractivity contribution is 0.135. The van der Waals surface area contributed by atoms with Crippen molar-refractivity contribution in [3.63, 3.8) is 0 Å². The van der Waals surface area contributed by atoms with Crippen molar-refractivity contribution in [3.05, 3.63) is 17.5 Å². The molecule has 0 aromatic carbocycles. The quantitative estimate of drug-likeness (QED) is 0.691. The third-order valence-electron chi connectivity index (χ3n) is 2.51. The van der Waals surface area contributed by atoms with Crippen LogP contribution >= 0.6 is 0 Å². The zero-order valence-electron chi connectivity index (χ0n) is 9.70. The fourth-order valence-electron chi connectivity index (χ4n) is 1.49. The average Bonchev–Trinajstić information content (AvgIpc) is 2.60. The minimum atomic E-state index is -0.659. The molecule has 0 aliphatic rings. The molecule has 4 heteroatoms. The minimum absolute atomic E-state index is 0.227. The standard InChI is InChI=1S/C11H21N3O/c1-7(2)4-5-9(12)11(15)10-6-8(3)13-14-10/h6-7,9,11,15H,4-5,12H2,1-3H3,(H,13,14). The van der Waals surface area contributed by atoms with Gasteiger partial charge in [0, 0.05) is 11.7 Å². The first kappa shape index (κ1) is 12.2. The Labute approximate surface area is 90.9 Å². The number of nitrogens with two attached hydrogens (primary N) is 1. The Kier molecular flexibility index (Phi) is 4.29. The van der Waals surface area contributed by atoms with Gasteiger partial charge in [-0.15, -0.1) is 0 Å². The van der Waals surface area contributed by atoms with Crippen LogP contribution in [-0.2, 0) is 0 Å². The molecule has 1 heterocycles. The van der Waals surface area contributed by atoms with Crippen LogP contribution in [0, 0.1) is 12.8 Å². The molecular weight excluding hydrogens is 190 g/mol. The van der Waals surface area contributed by atoms with Crippen LogP contribution in [0.4, 0.5) is 0 Å². The van der Waals surface area contributed by atoms with Gasteiger partial charge in [-0.1, -0.05) is 13.8 Å². The molecule has 0 amide bonds. The Morgan fingerprint density at radius 1 is 1.47 bits per heavy atom. The smallest absolute Gasteiger partial charge is 0.113 e. The number of nitrogens with one attached hydrogen (secondary N) is 1. The number of rotatable bonds is 5. The van der Waals surface area contributed by atoms with E-state index >= 15 is 0 Å². The van der Waals surface area contributed by atoms with E-state index in [0.717, 1.165) is 18.5 Å². The number of aromatic nitrogens is 2. The highest BCUT2D eigenvalue weighted by Gasteiger charge is 2.19. The van der Waals surface area contributed by atoms with E-state index in [1.54, 1.807) is 0 Å². The van der Waals surface area contributed by atoms with E-state index in [9.17, 15) is 5.11 Å². The van der Waals surface area contributed by atoms with Crippen molar-refractivity contribution in [1.82, 2.24) is 10.2 Å². The summed E-state index contributed by atoms with van der Waals surface area (Å²) in [5.74, 6) is 0.615. The highest BCUT2D eigenvalue weighted by atomic mass is 16.3. The predicted octanol–water partition coefficient (Wildman–Crippen LogP) is 1.52. The van der Waals surface area contributed by atoms with Crippen molar-refractivity contribution >= 4 is 0 Å². The second kappa shape index (κ2) is 5.28. The molecule has 0 bridgehead atoms. The first-order valence-electron chi connectivity index (χ1n) is 5.46. The van der Waals surface area contributed by atoms with Crippen LogP contribution in [-0.4, -0.2) is 21.3 Å². The van der Waals surface area contributed by atoms with Crippen LogP contribution in [0.25, 0.3) is 0 Å². The molecule has 0 aliphatic heterocycles. The zero-order chi connectivity index (χ0) is 11.4. The van der Waals surface area contributed by atoms with E-state index in [2.05, 4.69) is 24.0 Å². The summed E-state index contributed by atoms with van der Waals surface area (Å²) in [6.45, 7) is 6.21. The topological polar surface area (TPSA) is 74.9 Å². The van der Waals surface area contributed by atoms with E-state index in [0.29, 0.717) is 11.6 Å². The molecule has 0 fully saturated rings. The van der Waals surface area contributed by atoms with Crippen molar-refractivity contribution < 1.29 is 5.11 Å². The number of aromatic amines is 1. The molecule has 1 aromatic rings. The summed E-state index contributed by atoms with van der Waals surface area (Å²) >= 11 is 0. The maximum atomic E-state index is 9.91. The van der Waals surface area contributed by atoms with Gasteiger partial charge in [0.15, 0.2) is 0 Å². The number of aliphatic hydroxyl groups excluding tert-OH is 1. The van der Waals surface area contributed by atoms with E-state index < -0.39 is 6.10 Å². The van der Waals surface area contributed by atoms with Crippen molar-refractivity contribution in [2.45, 2.75) is 45.8 Å².